The fourth-order valence-corrected chi connectivity index (χ4v) is 13.9. The van der Waals surface area contributed by atoms with Crippen LogP contribution in [-0.2, 0) is 118 Å². The molecule has 0 saturated carbocycles. The third-order valence-electron chi connectivity index (χ3n) is 21.4. The summed E-state index contributed by atoms with van der Waals surface area (Å²) < 4.78 is 0. The van der Waals surface area contributed by atoms with E-state index in [9.17, 15) is 151 Å². The Morgan fingerprint density at radius 1 is 0.345 bits per heavy atom. The molecule has 19 atom stereocenters. The standard InChI is InChI=1S/C88H137N19O31S/c1-12-46(8)70(90)86(135)91-39-65(112)107-71(48(10)111)87(136)103-61(38-69(119)120)81(130)94-51(25-19-20-29-89)73(122)95-52(26-27-66(113)114)74(123)96-56(33-45(6)7)78(127)105-63(41-109)85(134)102-60(37-68(117)118)82(131)98-54(31-43(2)3)76(125)97-55(32-44(4)5)77(126)101-59(36-67(115)116)83(132)100-57(34-49-21-15-13-16-22-49)79(128)104-62(40-108)84(133)92-47(9)72(121)93-53(28-30-139-11)75(124)99-58(35-50-23-17-14-18-24-50)80(129)106-64(42-110)88(137)138/h13-18,21-24,43-48,51-64,70-71,108-111H,12,19-20,25-42,89-90H2,1-11H3,(H,91,135)(H,92,133)(H,93,121)(H,94,130)(H,95,122)(H,96,123)(H,97,125)(H,98,131)(H,99,124)(H,100,132)(H,101,126)(H,102,134)(H,103,136)(H,104,128)(H,105,127)(H,106,129)(H,107,112)(H,113,114)(H,115,116)(H,117,118)(H,119,120)(H,137,138)/p+2/t46-,47-,48+,51-,52-,53-,54-,55-,56-,57-,58-,59-,60-,61-,62-,63-,64-,70-,71-/m0/s1. The van der Waals surface area contributed by atoms with Crippen LogP contribution in [0.5, 0.6) is 0 Å². The lowest BCUT2D eigenvalue weighted by Crippen LogP contribution is -2.70. The van der Waals surface area contributed by atoms with Gasteiger partial charge in [-0.15, -0.1) is 0 Å². The number of carboxylic acid groups (broad SMARTS) is 5. The van der Waals surface area contributed by atoms with Crippen LogP contribution in [0.15, 0.2) is 60.7 Å². The molecule has 0 aliphatic heterocycles. The molecular formula is C88H139N19O31S+2. The van der Waals surface area contributed by atoms with Crippen LogP contribution in [0.4, 0.5) is 0 Å². The first-order chi connectivity index (χ1) is 65.3. The van der Waals surface area contributed by atoms with Gasteiger partial charge in [0.2, 0.25) is 94.5 Å². The number of aliphatic hydroxyl groups is 4. The first-order valence-corrected chi connectivity index (χ1v) is 46.7. The molecule has 2 aromatic rings. The number of unbranched alkanes of at least 4 members (excludes halogenated alkanes) is 1. The van der Waals surface area contributed by atoms with E-state index >= 15 is 0 Å². The van der Waals surface area contributed by atoms with Crippen molar-refractivity contribution in [3.63, 3.8) is 0 Å². The van der Waals surface area contributed by atoms with Gasteiger partial charge in [-0.2, -0.15) is 11.8 Å². The highest BCUT2D eigenvalue weighted by molar-refractivity contribution is 7.98. The highest BCUT2D eigenvalue weighted by Crippen LogP contribution is 2.17. The molecule has 0 radical (unpaired) electrons. The molecule has 2 rings (SSSR count). The first-order valence-electron chi connectivity index (χ1n) is 45.3. The van der Waals surface area contributed by atoms with Crippen molar-refractivity contribution < 1.29 is 163 Å². The van der Waals surface area contributed by atoms with E-state index in [4.69, 9.17) is 0 Å². The number of hydrogen-bond acceptors (Lipinski definition) is 27. The number of aliphatic hydroxyl groups excluding tert-OH is 4. The van der Waals surface area contributed by atoms with Crippen LogP contribution in [-0.4, -0.2) is 330 Å². The third kappa shape index (κ3) is 46.3. The molecule has 0 saturated heterocycles. The van der Waals surface area contributed by atoms with Crippen molar-refractivity contribution in [1.82, 2.24) is 90.4 Å². The second-order valence-electron chi connectivity index (χ2n) is 34.6. The Balaban J connectivity index is 2.48. The maximum absolute atomic E-state index is 14.6. The number of nitrogens with one attached hydrogen (secondary N) is 17. The van der Waals surface area contributed by atoms with Crippen molar-refractivity contribution in [2.45, 2.75) is 274 Å². The van der Waals surface area contributed by atoms with Crippen LogP contribution >= 0.6 is 11.8 Å². The van der Waals surface area contributed by atoms with Crippen LogP contribution in [0.1, 0.15) is 164 Å². The third-order valence-corrected chi connectivity index (χ3v) is 22.0. The minimum Gasteiger partial charge on any atom is -0.481 e. The number of benzene rings is 2. The highest BCUT2D eigenvalue weighted by Gasteiger charge is 2.41. The molecule has 0 spiro atoms. The molecule has 0 heterocycles. The van der Waals surface area contributed by atoms with Crippen LogP contribution in [0.25, 0.3) is 0 Å². The number of hydrogen-bond donors (Lipinski definition) is 28. The van der Waals surface area contributed by atoms with Crippen LogP contribution in [0, 0.1) is 23.7 Å². The number of rotatable bonds is 67. The second-order valence-corrected chi connectivity index (χ2v) is 35.6. The van der Waals surface area contributed by atoms with Gasteiger partial charge in [0.25, 0.3) is 5.91 Å². The molecule has 0 aliphatic carbocycles. The topological polar surface area (TPSA) is 817 Å². The molecule has 0 bridgehead atoms. The first kappa shape index (κ1) is 122. The Kier molecular flexibility index (Phi) is 55.6. The van der Waals surface area contributed by atoms with Crippen molar-refractivity contribution in [1.29, 1.82) is 0 Å². The predicted molar refractivity (Wildman–Crippen MR) is 493 cm³/mol. The van der Waals surface area contributed by atoms with Crippen molar-refractivity contribution in [2.75, 3.05) is 44.9 Å². The minimum atomic E-state index is -2.16. The lowest BCUT2D eigenvalue weighted by molar-refractivity contribution is -0.415. The van der Waals surface area contributed by atoms with Gasteiger partial charge in [-0.25, -0.2) is 4.79 Å². The van der Waals surface area contributed by atoms with Gasteiger partial charge in [0, 0.05) is 25.2 Å². The second kappa shape index (κ2) is 63.4. The molecule has 776 valence electrons. The number of thioether (sulfide) groups is 1. The molecule has 0 unspecified atom stereocenters. The molecule has 17 amide bonds. The van der Waals surface area contributed by atoms with Crippen molar-refractivity contribution in [3.8, 4) is 0 Å². The SMILES string of the molecule is CC[C@H](C)[C@H]([NH3+])C(=O)NCC(=O)N[C@H](C(=O)N[C@@H](CC(=O)O)C(=O)N[C@@H](CCCC[NH3+])C(=O)N[C@@H](CCC(=O)O)C(=O)N[C@@H](CC(C)C)C(=O)N[C@@H](CO)C(=O)N[C@@H](CC(=O)O)C(=O)N[C@@H](CC(C)C)C(=O)N[C@@H](CC(C)C)C(=O)N[C@@H](CC(=O)O)C(=O)N[C@@H](Cc1ccccc1)C(=O)N[C@@H](CO)C(=O)N[C@@H](C)C(=O)N[C@@H](CCSC)C(=O)N[C@@H](Cc1ccccc1)C(=O)N[C@@H](CO)C(=O)O)[C@@H](C)O. The van der Waals surface area contributed by atoms with E-state index < -0.39 is 322 Å². The zero-order chi connectivity index (χ0) is 105. The summed E-state index contributed by atoms with van der Waals surface area (Å²) >= 11 is 1.27. The summed E-state index contributed by atoms with van der Waals surface area (Å²) in [4.78, 5) is 299. The van der Waals surface area contributed by atoms with Crippen molar-refractivity contribution >= 4 is 142 Å². The van der Waals surface area contributed by atoms with Crippen molar-refractivity contribution in [2.24, 2.45) is 23.7 Å². The summed E-state index contributed by atoms with van der Waals surface area (Å²) in [6.07, 6.45) is -5.88. The number of quaternary nitrogens is 2. The highest BCUT2D eigenvalue weighted by atomic mass is 32.2. The van der Waals surface area contributed by atoms with Gasteiger partial charge in [0.1, 0.15) is 96.7 Å². The normalized spacial score (nSPS) is 15.3. The van der Waals surface area contributed by atoms with Crippen LogP contribution in [0.2, 0.25) is 0 Å². The summed E-state index contributed by atoms with van der Waals surface area (Å²) in [6.45, 7) is 11.5. The van der Waals surface area contributed by atoms with Gasteiger partial charge in [-0.3, -0.25) is 101 Å². The van der Waals surface area contributed by atoms with Gasteiger partial charge < -0.3 is 148 Å². The maximum atomic E-state index is 14.6. The van der Waals surface area contributed by atoms with E-state index in [1.165, 1.54) is 30.8 Å². The Morgan fingerprint density at radius 3 is 1.00 bits per heavy atom. The molecule has 51 heteroatoms. The number of carbonyl (C=O) groups excluding carboxylic acids is 17. The van der Waals surface area contributed by atoms with Gasteiger partial charge >= 0.3 is 29.8 Å². The van der Waals surface area contributed by atoms with Gasteiger partial charge in [0.15, 0.2) is 6.04 Å². The average Bonchev–Trinajstić information content (AvgIpc) is 0.856. The quantitative estimate of drug-likeness (QED) is 0.0274. The van der Waals surface area contributed by atoms with Gasteiger partial charge in [-0.1, -0.05) is 116 Å². The Bertz CT molecular complexity index is 4480. The predicted octanol–water partition coefficient (Wildman–Crippen LogP) is -8.94. The fraction of sp³-hybridized carbons (Fsp3) is 0.614. The number of carbonyl (C=O) groups is 22. The Labute approximate surface area is 806 Å². The summed E-state index contributed by atoms with van der Waals surface area (Å²) in [5.74, 6) is -29.3. The van der Waals surface area contributed by atoms with Crippen LogP contribution in [0.3, 0.4) is 0 Å². The summed E-state index contributed by atoms with van der Waals surface area (Å²) in [6, 6.07) is -13.6. The molecule has 32 N–H and O–H groups in total. The monoisotopic (exact) mass is 1990 g/mol. The summed E-state index contributed by atoms with van der Waals surface area (Å²) in [5.41, 5.74) is 8.41. The largest absolute Gasteiger partial charge is 0.481 e. The average molecular weight is 1990 g/mol. The van der Waals surface area contributed by atoms with E-state index in [0.29, 0.717) is 30.5 Å². The van der Waals surface area contributed by atoms with E-state index in [-0.39, 0.29) is 56.6 Å². The summed E-state index contributed by atoms with van der Waals surface area (Å²) in [7, 11) is 0. The zero-order valence-corrected chi connectivity index (χ0v) is 80.5. The number of amides is 17. The maximum Gasteiger partial charge on any atom is 0.328 e. The molecular weight excluding hydrogens is 1850 g/mol. The minimum absolute atomic E-state index is 0.0535. The Morgan fingerprint density at radius 2 is 0.655 bits per heavy atom. The smallest absolute Gasteiger partial charge is 0.328 e. The van der Waals surface area contributed by atoms with Crippen molar-refractivity contribution in [3.05, 3.63) is 71.8 Å². The number of aliphatic carboxylic acids is 5. The lowest BCUT2D eigenvalue weighted by atomic mass is 9.99. The van der Waals surface area contributed by atoms with E-state index in [1.807, 2.05) is 6.92 Å². The molecule has 2 aromatic carbocycles. The molecule has 0 aromatic heterocycles. The van der Waals surface area contributed by atoms with Crippen LogP contribution < -0.4 is 102 Å². The van der Waals surface area contributed by atoms with Gasteiger partial charge in [0.05, 0.1) is 58.3 Å². The fourth-order valence-electron chi connectivity index (χ4n) is 13.5. The lowest BCUT2D eigenvalue weighted by Gasteiger charge is -2.29. The Hall–Kier alpha value is -13.1. The summed E-state index contributed by atoms with van der Waals surface area (Å²) in [5, 5.41) is 130. The van der Waals surface area contributed by atoms with E-state index in [0.717, 1.165) is 6.92 Å². The number of carboxylic acids is 5. The molecule has 0 fully saturated rings. The van der Waals surface area contributed by atoms with E-state index in [2.05, 4.69) is 102 Å². The molecule has 50 nitrogen and oxygen atoms in total. The molecule has 0 aliphatic rings. The zero-order valence-electron chi connectivity index (χ0n) is 79.7. The van der Waals surface area contributed by atoms with Gasteiger partial charge in [-0.05, 0) is 113 Å². The molecule has 139 heavy (non-hydrogen) atoms. The van der Waals surface area contributed by atoms with E-state index in [1.54, 1.807) is 103 Å².